The van der Waals surface area contributed by atoms with Crippen LogP contribution in [0.25, 0.3) is 0 Å². The van der Waals surface area contributed by atoms with Crippen LogP contribution in [0.15, 0.2) is 18.2 Å². The molecule has 4 heteroatoms. The zero-order valence-corrected chi connectivity index (χ0v) is 11.4. The molecule has 0 spiro atoms. The Morgan fingerprint density at radius 2 is 2.06 bits per heavy atom. The Kier molecular flexibility index (Phi) is 4.73. The van der Waals surface area contributed by atoms with Crippen LogP contribution in [-0.2, 0) is 9.47 Å². The smallest absolute Gasteiger partial charge is 0.340 e. The van der Waals surface area contributed by atoms with Gasteiger partial charge in [0.15, 0.2) is 0 Å². The molecule has 0 aliphatic rings. The third kappa shape index (κ3) is 4.04. The lowest BCUT2D eigenvalue weighted by atomic mass is 10.1. The molecule has 0 bridgehead atoms. The first-order valence-corrected chi connectivity index (χ1v) is 5.94. The number of carbonyl (C=O) groups is 1. The summed E-state index contributed by atoms with van der Waals surface area (Å²) in [6.45, 7) is 6.11. The van der Waals surface area contributed by atoms with Crippen molar-refractivity contribution >= 4 is 11.7 Å². The van der Waals surface area contributed by atoms with Gasteiger partial charge in [-0.1, -0.05) is 11.6 Å². The molecule has 1 aromatic rings. The van der Waals surface area contributed by atoms with Crippen molar-refractivity contribution in [2.24, 2.45) is 0 Å². The standard InChI is InChI=1S/C14H21NO3/c1-10-5-6-12(15)11(9-10)13(16)18-8-7-14(2,3)17-4/h5-6,9H,7-8,15H2,1-4H3. The minimum Gasteiger partial charge on any atom is -0.462 e. The molecule has 0 atom stereocenters. The molecule has 4 nitrogen and oxygen atoms in total. The lowest BCUT2D eigenvalue weighted by molar-refractivity contribution is -0.00560. The summed E-state index contributed by atoms with van der Waals surface area (Å²) >= 11 is 0. The molecule has 0 fully saturated rings. The molecule has 1 aromatic carbocycles. The van der Waals surface area contributed by atoms with Gasteiger partial charge in [0.1, 0.15) is 0 Å². The maximum Gasteiger partial charge on any atom is 0.340 e. The van der Waals surface area contributed by atoms with E-state index in [1.54, 1.807) is 19.2 Å². The molecule has 0 amide bonds. The van der Waals surface area contributed by atoms with Crippen LogP contribution in [0.3, 0.4) is 0 Å². The van der Waals surface area contributed by atoms with E-state index in [1.807, 2.05) is 26.8 Å². The van der Waals surface area contributed by atoms with Gasteiger partial charge in [0.25, 0.3) is 0 Å². The number of hydrogen-bond donors (Lipinski definition) is 1. The Bertz CT molecular complexity index is 427. The fraction of sp³-hybridized carbons (Fsp3) is 0.500. The topological polar surface area (TPSA) is 61.5 Å². The van der Waals surface area contributed by atoms with Gasteiger partial charge in [-0.25, -0.2) is 4.79 Å². The first-order chi connectivity index (χ1) is 8.35. The number of ether oxygens (including phenoxy) is 2. The molecule has 1 rings (SSSR count). The zero-order valence-electron chi connectivity index (χ0n) is 11.4. The number of esters is 1. The Morgan fingerprint density at radius 1 is 1.39 bits per heavy atom. The van der Waals surface area contributed by atoms with E-state index in [9.17, 15) is 4.79 Å². The summed E-state index contributed by atoms with van der Waals surface area (Å²) in [6, 6.07) is 5.31. The summed E-state index contributed by atoms with van der Waals surface area (Å²) in [5.74, 6) is -0.386. The van der Waals surface area contributed by atoms with Crippen LogP contribution in [0, 0.1) is 6.92 Å². The Hall–Kier alpha value is -1.55. The van der Waals surface area contributed by atoms with Gasteiger partial charge in [0.05, 0.1) is 17.8 Å². The number of methoxy groups -OCH3 is 1. The van der Waals surface area contributed by atoms with E-state index in [4.69, 9.17) is 15.2 Å². The summed E-state index contributed by atoms with van der Waals surface area (Å²) in [7, 11) is 1.64. The minimum absolute atomic E-state index is 0.293. The lowest BCUT2D eigenvalue weighted by Crippen LogP contribution is -2.25. The third-order valence-electron chi connectivity index (χ3n) is 2.92. The number of hydrogen-bond acceptors (Lipinski definition) is 4. The molecule has 0 aliphatic heterocycles. The summed E-state index contributed by atoms with van der Waals surface area (Å²) in [4.78, 5) is 11.8. The fourth-order valence-electron chi connectivity index (χ4n) is 1.42. The number of anilines is 1. The van der Waals surface area contributed by atoms with Crippen molar-refractivity contribution in [2.45, 2.75) is 32.8 Å². The van der Waals surface area contributed by atoms with Crippen LogP contribution in [0.2, 0.25) is 0 Å². The molecule has 0 unspecified atom stereocenters. The van der Waals surface area contributed by atoms with Crippen molar-refractivity contribution in [2.75, 3.05) is 19.5 Å². The molecule has 0 saturated heterocycles. The molecular weight excluding hydrogens is 230 g/mol. The van der Waals surface area contributed by atoms with Crippen molar-refractivity contribution in [3.63, 3.8) is 0 Å². The van der Waals surface area contributed by atoms with Crippen molar-refractivity contribution in [1.82, 2.24) is 0 Å². The van der Waals surface area contributed by atoms with Gasteiger partial charge in [-0.2, -0.15) is 0 Å². The van der Waals surface area contributed by atoms with Gasteiger partial charge in [0.2, 0.25) is 0 Å². The van der Waals surface area contributed by atoms with E-state index < -0.39 is 0 Å². The molecule has 100 valence electrons. The van der Waals surface area contributed by atoms with Crippen molar-refractivity contribution < 1.29 is 14.3 Å². The van der Waals surface area contributed by atoms with Crippen LogP contribution >= 0.6 is 0 Å². The van der Waals surface area contributed by atoms with Gasteiger partial charge in [-0.05, 0) is 32.9 Å². The highest BCUT2D eigenvalue weighted by Crippen LogP contribution is 2.17. The minimum atomic E-state index is -0.386. The lowest BCUT2D eigenvalue weighted by Gasteiger charge is -2.22. The number of benzene rings is 1. The summed E-state index contributed by atoms with van der Waals surface area (Å²) < 4.78 is 10.5. The normalized spacial score (nSPS) is 11.3. The Labute approximate surface area is 108 Å². The largest absolute Gasteiger partial charge is 0.462 e. The second-order valence-corrected chi connectivity index (χ2v) is 4.94. The van der Waals surface area contributed by atoms with E-state index in [2.05, 4.69) is 0 Å². The zero-order chi connectivity index (χ0) is 13.8. The first kappa shape index (κ1) is 14.5. The summed E-state index contributed by atoms with van der Waals surface area (Å²) in [6.07, 6.45) is 0.640. The van der Waals surface area contributed by atoms with Crippen molar-refractivity contribution in [1.29, 1.82) is 0 Å². The van der Waals surface area contributed by atoms with Crippen LogP contribution < -0.4 is 5.73 Å². The molecule has 0 aliphatic carbocycles. The van der Waals surface area contributed by atoms with E-state index in [-0.39, 0.29) is 11.6 Å². The van der Waals surface area contributed by atoms with Crippen molar-refractivity contribution in [3.8, 4) is 0 Å². The second kappa shape index (κ2) is 5.87. The van der Waals surface area contributed by atoms with E-state index in [0.717, 1.165) is 5.56 Å². The quantitative estimate of drug-likeness (QED) is 0.645. The second-order valence-electron chi connectivity index (χ2n) is 4.94. The fourth-order valence-corrected chi connectivity index (χ4v) is 1.42. The number of carbonyl (C=O) groups excluding carboxylic acids is 1. The highest BCUT2D eigenvalue weighted by atomic mass is 16.5. The van der Waals surface area contributed by atoms with Crippen LogP contribution in [-0.4, -0.2) is 25.3 Å². The number of rotatable bonds is 5. The molecule has 0 aromatic heterocycles. The van der Waals surface area contributed by atoms with Gasteiger partial charge >= 0.3 is 5.97 Å². The predicted molar refractivity (Wildman–Crippen MR) is 71.6 cm³/mol. The first-order valence-electron chi connectivity index (χ1n) is 5.94. The molecule has 2 N–H and O–H groups in total. The highest BCUT2D eigenvalue weighted by Gasteiger charge is 2.18. The number of nitrogen functional groups attached to an aromatic ring is 1. The Balaban J connectivity index is 2.58. The van der Waals surface area contributed by atoms with Crippen LogP contribution in [0.5, 0.6) is 0 Å². The Morgan fingerprint density at radius 3 is 2.67 bits per heavy atom. The highest BCUT2D eigenvalue weighted by molar-refractivity contribution is 5.95. The van der Waals surface area contributed by atoms with Gasteiger partial charge in [-0.15, -0.1) is 0 Å². The third-order valence-corrected chi connectivity index (χ3v) is 2.92. The van der Waals surface area contributed by atoms with E-state index in [0.29, 0.717) is 24.3 Å². The van der Waals surface area contributed by atoms with Gasteiger partial charge < -0.3 is 15.2 Å². The molecule has 0 heterocycles. The van der Waals surface area contributed by atoms with Crippen LogP contribution in [0.4, 0.5) is 5.69 Å². The van der Waals surface area contributed by atoms with Crippen LogP contribution in [0.1, 0.15) is 36.2 Å². The van der Waals surface area contributed by atoms with Gasteiger partial charge in [0, 0.05) is 19.2 Å². The molecular formula is C14H21NO3. The summed E-state index contributed by atoms with van der Waals surface area (Å²) in [5, 5.41) is 0. The monoisotopic (exact) mass is 251 g/mol. The van der Waals surface area contributed by atoms with E-state index >= 15 is 0 Å². The van der Waals surface area contributed by atoms with Crippen molar-refractivity contribution in [3.05, 3.63) is 29.3 Å². The van der Waals surface area contributed by atoms with Gasteiger partial charge in [-0.3, -0.25) is 0 Å². The number of aryl methyl sites for hydroxylation is 1. The van der Waals surface area contributed by atoms with E-state index in [1.165, 1.54) is 0 Å². The average Bonchev–Trinajstić information content (AvgIpc) is 2.32. The molecule has 0 saturated carbocycles. The summed E-state index contributed by atoms with van der Waals surface area (Å²) in [5.41, 5.74) is 7.30. The number of nitrogens with two attached hydrogens (primary N) is 1. The maximum atomic E-state index is 11.8. The SMILES string of the molecule is COC(C)(C)CCOC(=O)c1cc(C)ccc1N. The molecule has 0 radical (unpaired) electrons. The average molecular weight is 251 g/mol. The maximum absolute atomic E-state index is 11.8. The predicted octanol–water partition coefficient (Wildman–Crippen LogP) is 2.55. The molecule has 18 heavy (non-hydrogen) atoms.